The predicted octanol–water partition coefficient (Wildman–Crippen LogP) is 3.25. The highest BCUT2D eigenvalue weighted by atomic mass is 19.1. The number of carbonyl (C=O) groups is 2. The van der Waals surface area contributed by atoms with E-state index in [9.17, 15) is 19.1 Å². The van der Waals surface area contributed by atoms with Gasteiger partial charge in [0, 0.05) is 18.2 Å². The molecule has 1 fully saturated rings. The topological polar surface area (TPSA) is 95.7 Å². The van der Waals surface area contributed by atoms with Gasteiger partial charge in [0.05, 0.1) is 12.6 Å². The molecular weight excluding hydrogens is 409 g/mol. The zero-order valence-corrected chi connectivity index (χ0v) is 19.0. The predicted molar refractivity (Wildman–Crippen MR) is 124 cm³/mol. The van der Waals surface area contributed by atoms with Crippen LogP contribution in [0.2, 0.25) is 0 Å². The Labute approximate surface area is 189 Å². The Morgan fingerprint density at radius 3 is 2.38 bits per heavy atom. The molecule has 7 heteroatoms. The van der Waals surface area contributed by atoms with E-state index in [-0.39, 0.29) is 18.3 Å². The van der Waals surface area contributed by atoms with E-state index in [0.29, 0.717) is 36.9 Å². The second-order valence-corrected chi connectivity index (χ2v) is 8.45. The Balaban J connectivity index is 0.000000534. The van der Waals surface area contributed by atoms with Crippen molar-refractivity contribution >= 4 is 12.3 Å². The summed E-state index contributed by atoms with van der Waals surface area (Å²) in [6.07, 6.45) is 2.10. The van der Waals surface area contributed by atoms with Gasteiger partial charge >= 0.3 is 0 Å². The lowest BCUT2D eigenvalue weighted by Crippen LogP contribution is -2.44. The molecule has 3 unspecified atom stereocenters. The molecule has 1 saturated heterocycles. The van der Waals surface area contributed by atoms with Crippen molar-refractivity contribution in [2.24, 2.45) is 11.7 Å². The first-order valence-corrected chi connectivity index (χ1v) is 11.0. The van der Waals surface area contributed by atoms with Crippen LogP contribution in [0.4, 0.5) is 4.39 Å². The zero-order valence-electron chi connectivity index (χ0n) is 19.0. The van der Waals surface area contributed by atoms with Crippen molar-refractivity contribution in [3.8, 4) is 11.1 Å². The molecule has 2 aromatic carbocycles. The van der Waals surface area contributed by atoms with Crippen LogP contribution in [-0.2, 0) is 9.59 Å². The molecule has 6 nitrogen and oxygen atoms in total. The summed E-state index contributed by atoms with van der Waals surface area (Å²) in [5.74, 6) is 0.0549. The van der Waals surface area contributed by atoms with Gasteiger partial charge in [0.25, 0.3) is 0 Å². The fourth-order valence-electron chi connectivity index (χ4n) is 3.29. The van der Waals surface area contributed by atoms with Crippen molar-refractivity contribution < 1.29 is 19.1 Å². The molecule has 3 rings (SSSR count). The lowest BCUT2D eigenvalue weighted by atomic mass is 10.0. The lowest BCUT2D eigenvalue weighted by Gasteiger charge is -2.23. The lowest BCUT2D eigenvalue weighted by molar-refractivity contribution is -0.131. The molecule has 1 aliphatic heterocycles. The molecule has 0 radical (unpaired) electrons. The summed E-state index contributed by atoms with van der Waals surface area (Å²) in [6.45, 7) is 6.56. The third kappa shape index (κ3) is 6.87. The molecular formula is C25H34FN3O3. The molecule has 3 atom stereocenters. The second-order valence-electron chi connectivity index (χ2n) is 8.45. The summed E-state index contributed by atoms with van der Waals surface area (Å²) in [4.78, 5) is 24.9. The number of hydrogen-bond acceptors (Lipinski definition) is 4. The number of benzene rings is 2. The van der Waals surface area contributed by atoms with Crippen molar-refractivity contribution in [2.45, 2.75) is 51.7 Å². The highest BCUT2D eigenvalue weighted by Gasteiger charge is 2.30. The number of carbonyl (C=O) groups excluding carboxylic acids is 2. The number of likely N-dealkylation sites (tertiary alicyclic amines) is 1. The Bertz CT molecular complexity index is 865. The van der Waals surface area contributed by atoms with Crippen LogP contribution in [-0.4, -0.2) is 47.6 Å². The number of aliphatic hydroxyl groups is 1. The third-order valence-electron chi connectivity index (χ3n) is 5.78. The van der Waals surface area contributed by atoms with E-state index in [2.05, 4.69) is 19.2 Å². The minimum atomic E-state index is -0.578. The number of nitrogens with two attached hydrogens (primary N) is 1. The molecule has 0 aliphatic carbocycles. The van der Waals surface area contributed by atoms with Crippen LogP contribution in [0.25, 0.3) is 11.1 Å². The van der Waals surface area contributed by atoms with Crippen LogP contribution < -0.4 is 11.1 Å². The highest BCUT2D eigenvalue weighted by molar-refractivity contribution is 5.84. The Morgan fingerprint density at radius 2 is 1.84 bits per heavy atom. The molecule has 174 valence electrons. The van der Waals surface area contributed by atoms with Gasteiger partial charge in [0.1, 0.15) is 11.9 Å². The van der Waals surface area contributed by atoms with E-state index in [1.165, 1.54) is 11.0 Å². The average molecular weight is 444 g/mol. The highest BCUT2D eigenvalue weighted by Crippen LogP contribution is 2.25. The normalized spacial score (nSPS) is 17.3. The molecule has 0 spiro atoms. The number of rotatable bonds is 7. The Kier molecular flexibility index (Phi) is 9.81. The summed E-state index contributed by atoms with van der Waals surface area (Å²) in [6, 6.07) is 12.8. The van der Waals surface area contributed by atoms with E-state index >= 15 is 0 Å². The van der Waals surface area contributed by atoms with Gasteiger partial charge < -0.3 is 21.1 Å². The molecule has 2 aromatic rings. The van der Waals surface area contributed by atoms with Gasteiger partial charge in [-0.25, -0.2) is 4.39 Å². The molecule has 0 aromatic heterocycles. The maximum absolute atomic E-state index is 13.9. The van der Waals surface area contributed by atoms with Crippen LogP contribution >= 0.6 is 0 Å². The van der Waals surface area contributed by atoms with Crippen molar-refractivity contribution in [3.05, 3.63) is 59.9 Å². The molecule has 4 N–H and O–H groups in total. The first-order valence-electron chi connectivity index (χ1n) is 11.0. The Hall–Kier alpha value is -2.77. The molecule has 1 heterocycles. The van der Waals surface area contributed by atoms with Gasteiger partial charge in [-0.1, -0.05) is 56.3 Å². The second kappa shape index (κ2) is 12.3. The monoisotopic (exact) mass is 443 g/mol. The molecule has 0 bridgehead atoms. The number of nitrogens with zero attached hydrogens (tertiary/aromatic N) is 1. The van der Waals surface area contributed by atoms with Crippen molar-refractivity contribution in [3.63, 3.8) is 0 Å². The number of aliphatic hydroxyl groups excluding tert-OH is 1. The quantitative estimate of drug-likeness (QED) is 0.573. The number of amides is 2. The SMILES string of the molecule is CC(C)C(C)N.O=CN1CCCC1C(=O)NC(CO)c1ccc(-c2ccccc2F)cc1. The molecule has 1 aliphatic rings. The fourth-order valence-corrected chi connectivity index (χ4v) is 3.29. The summed E-state index contributed by atoms with van der Waals surface area (Å²) in [7, 11) is 0. The maximum Gasteiger partial charge on any atom is 0.243 e. The molecule has 0 saturated carbocycles. The first-order chi connectivity index (χ1) is 15.3. The summed E-state index contributed by atoms with van der Waals surface area (Å²) >= 11 is 0. The molecule has 32 heavy (non-hydrogen) atoms. The van der Waals surface area contributed by atoms with Gasteiger partial charge in [0.15, 0.2) is 0 Å². The van der Waals surface area contributed by atoms with Gasteiger partial charge in [-0.05, 0) is 42.9 Å². The summed E-state index contributed by atoms with van der Waals surface area (Å²) in [5.41, 5.74) is 7.37. The maximum atomic E-state index is 13.9. The minimum Gasteiger partial charge on any atom is -0.394 e. The fraction of sp³-hybridized carbons (Fsp3) is 0.440. The third-order valence-corrected chi connectivity index (χ3v) is 5.78. The first kappa shape index (κ1) is 25.5. The summed E-state index contributed by atoms with van der Waals surface area (Å²) in [5, 5.41) is 12.5. The number of hydrogen-bond donors (Lipinski definition) is 3. The van der Waals surface area contributed by atoms with Gasteiger partial charge in [-0.15, -0.1) is 0 Å². The van der Waals surface area contributed by atoms with E-state index in [0.717, 1.165) is 17.5 Å². The van der Waals surface area contributed by atoms with Gasteiger partial charge in [-0.3, -0.25) is 9.59 Å². The van der Waals surface area contributed by atoms with Gasteiger partial charge in [0.2, 0.25) is 12.3 Å². The van der Waals surface area contributed by atoms with Crippen molar-refractivity contribution in [2.75, 3.05) is 13.2 Å². The largest absolute Gasteiger partial charge is 0.394 e. The van der Waals surface area contributed by atoms with E-state index in [4.69, 9.17) is 5.73 Å². The standard InChI is InChI=1S/C20H21FN2O3.C5H13N/c21-17-5-2-1-4-16(17)14-7-9-15(10-8-14)18(12-24)22-20(26)19-6-3-11-23(19)13-25;1-4(2)5(3)6/h1-2,4-5,7-10,13,18-19,24H,3,6,11-12H2,(H,22,26);4-5H,6H2,1-3H3. The van der Waals surface area contributed by atoms with Gasteiger partial charge in [-0.2, -0.15) is 0 Å². The average Bonchev–Trinajstić information content (AvgIpc) is 3.27. The van der Waals surface area contributed by atoms with Crippen LogP contribution in [0.1, 0.15) is 45.2 Å². The number of halogens is 1. The minimum absolute atomic E-state index is 0.265. The smallest absolute Gasteiger partial charge is 0.243 e. The van der Waals surface area contributed by atoms with E-state index in [1.54, 1.807) is 42.5 Å². The zero-order chi connectivity index (χ0) is 23.7. The van der Waals surface area contributed by atoms with Crippen molar-refractivity contribution in [1.29, 1.82) is 0 Å². The van der Waals surface area contributed by atoms with E-state index in [1.807, 2.05) is 6.92 Å². The van der Waals surface area contributed by atoms with Crippen LogP contribution in [0, 0.1) is 11.7 Å². The van der Waals surface area contributed by atoms with Crippen LogP contribution in [0.15, 0.2) is 48.5 Å². The molecule has 2 amide bonds. The van der Waals surface area contributed by atoms with Crippen LogP contribution in [0.3, 0.4) is 0 Å². The van der Waals surface area contributed by atoms with Crippen LogP contribution in [0.5, 0.6) is 0 Å². The summed E-state index contributed by atoms with van der Waals surface area (Å²) < 4.78 is 13.9. The Morgan fingerprint density at radius 1 is 1.22 bits per heavy atom. The van der Waals surface area contributed by atoms with Crippen molar-refractivity contribution in [1.82, 2.24) is 10.2 Å². The number of nitrogens with one attached hydrogen (secondary N) is 1. The van der Waals surface area contributed by atoms with E-state index < -0.39 is 12.1 Å².